The minimum absolute atomic E-state index is 0.0358. The first-order chi connectivity index (χ1) is 12.6. The Labute approximate surface area is 156 Å². The summed E-state index contributed by atoms with van der Waals surface area (Å²) in [7, 11) is 4.01. The number of nitrogens with zero attached hydrogens (tertiary/aromatic N) is 4. The highest BCUT2D eigenvalue weighted by Crippen LogP contribution is 2.38. The van der Waals surface area contributed by atoms with Crippen molar-refractivity contribution in [3.05, 3.63) is 41.5 Å². The van der Waals surface area contributed by atoms with E-state index in [9.17, 15) is 4.79 Å². The lowest BCUT2D eigenvalue weighted by molar-refractivity contribution is -0.120. The van der Waals surface area contributed by atoms with E-state index in [1.807, 2.05) is 32.3 Å². The van der Waals surface area contributed by atoms with E-state index in [1.54, 1.807) is 11.3 Å². The van der Waals surface area contributed by atoms with Gasteiger partial charge in [-0.2, -0.15) is 0 Å². The first kappa shape index (κ1) is 16.9. The number of piperazine rings is 1. The Kier molecular flexibility index (Phi) is 4.57. The summed E-state index contributed by atoms with van der Waals surface area (Å²) in [6.07, 6.45) is 0. The zero-order valence-corrected chi connectivity index (χ0v) is 15.7. The molecule has 26 heavy (non-hydrogen) atoms. The highest BCUT2D eigenvalue weighted by Gasteiger charge is 2.23. The third-order valence-electron chi connectivity index (χ3n) is 4.34. The van der Waals surface area contributed by atoms with Gasteiger partial charge < -0.3 is 15.1 Å². The quantitative estimate of drug-likeness (QED) is 0.767. The van der Waals surface area contributed by atoms with Crippen LogP contribution >= 0.6 is 11.3 Å². The molecule has 4 rings (SSSR count). The number of anilines is 1. The summed E-state index contributed by atoms with van der Waals surface area (Å²) in [5, 5.41) is 6.07. The maximum atomic E-state index is 11.9. The molecular formula is C19H21N5OS. The van der Waals surface area contributed by atoms with Crippen molar-refractivity contribution in [3.8, 4) is 11.1 Å². The van der Waals surface area contributed by atoms with Crippen LogP contribution in [-0.2, 0) is 11.3 Å². The number of rotatable bonds is 4. The zero-order valence-electron chi connectivity index (χ0n) is 14.9. The van der Waals surface area contributed by atoms with Crippen molar-refractivity contribution < 1.29 is 4.79 Å². The van der Waals surface area contributed by atoms with Gasteiger partial charge in [-0.1, -0.05) is 30.3 Å². The Morgan fingerprint density at radius 3 is 2.77 bits per heavy atom. The van der Waals surface area contributed by atoms with E-state index < -0.39 is 0 Å². The predicted octanol–water partition coefficient (Wildman–Crippen LogP) is 2.36. The molecule has 1 aromatic carbocycles. The Morgan fingerprint density at radius 1 is 1.23 bits per heavy atom. The number of nitrogens with one attached hydrogen (secondary N) is 1. The number of hydrogen-bond donors (Lipinski definition) is 1. The molecule has 0 radical (unpaired) electrons. The molecule has 0 aliphatic carbocycles. The molecule has 3 heterocycles. The first-order valence-corrected chi connectivity index (χ1v) is 9.49. The van der Waals surface area contributed by atoms with Gasteiger partial charge in [-0.3, -0.25) is 4.79 Å². The van der Waals surface area contributed by atoms with Gasteiger partial charge >= 0.3 is 0 Å². The van der Waals surface area contributed by atoms with E-state index in [0.29, 0.717) is 19.6 Å². The lowest BCUT2D eigenvalue weighted by atomic mass is 10.1. The molecule has 7 heteroatoms. The smallest absolute Gasteiger partial charge is 0.239 e. The molecule has 134 valence electrons. The van der Waals surface area contributed by atoms with Gasteiger partial charge in [-0.25, -0.2) is 9.97 Å². The number of amides is 1. The van der Waals surface area contributed by atoms with Gasteiger partial charge in [-0.05, 0) is 19.7 Å². The Morgan fingerprint density at radius 2 is 2.04 bits per heavy atom. The average molecular weight is 367 g/mol. The number of fused-ring (bicyclic) bond motifs is 1. The van der Waals surface area contributed by atoms with E-state index in [4.69, 9.17) is 9.97 Å². The predicted molar refractivity (Wildman–Crippen MR) is 105 cm³/mol. The number of carbonyl (C=O) groups excluding carboxylic acids is 1. The van der Waals surface area contributed by atoms with Crippen molar-refractivity contribution in [2.24, 2.45) is 0 Å². The number of thiophene rings is 1. The van der Waals surface area contributed by atoms with Crippen LogP contribution < -0.4 is 10.2 Å². The van der Waals surface area contributed by atoms with Crippen molar-refractivity contribution >= 4 is 33.3 Å². The first-order valence-electron chi connectivity index (χ1n) is 8.62. The summed E-state index contributed by atoms with van der Waals surface area (Å²) < 4.78 is 0. The van der Waals surface area contributed by atoms with Crippen LogP contribution in [0.3, 0.4) is 0 Å². The van der Waals surface area contributed by atoms with Gasteiger partial charge in [0.2, 0.25) is 5.91 Å². The maximum absolute atomic E-state index is 11.9. The fourth-order valence-electron chi connectivity index (χ4n) is 3.20. The van der Waals surface area contributed by atoms with Crippen molar-refractivity contribution in [3.63, 3.8) is 0 Å². The Bertz CT molecular complexity index is 938. The molecular weight excluding hydrogens is 346 g/mol. The standard InChI is InChI=1S/C19H21N5OS/c1-23(2)10-15-21-18(24-9-8-20-16(25)11-24)17-14(12-26-19(17)22-15)13-6-4-3-5-7-13/h3-7,12H,8-11H2,1-2H3,(H,20,25). The summed E-state index contributed by atoms with van der Waals surface area (Å²) in [6.45, 7) is 2.39. The highest BCUT2D eigenvalue weighted by molar-refractivity contribution is 7.17. The summed E-state index contributed by atoms with van der Waals surface area (Å²) in [4.78, 5) is 26.7. The average Bonchev–Trinajstić information content (AvgIpc) is 3.05. The van der Waals surface area contributed by atoms with Gasteiger partial charge in [-0.15, -0.1) is 11.3 Å². The van der Waals surface area contributed by atoms with Crippen LogP contribution in [0, 0.1) is 0 Å². The number of hydrogen-bond acceptors (Lipinski definition) is 6. The molecule has 1 aliphatic heterocycles. The number of benzene rings is 1. The Balaban J connectivity index is 1.89. The highest BCUT2D eigenvalue weighted by atomic mass is 32.1. The largest absolute Gasteiger partial charge is 0.353 e. The van der Waals surface area contributed by atoms with E-state index in [-0.39, 0.29) is 5.91 Å². The number of aromatic nitrogens is 2. The van der Waals surface area contributed by atoms with Gasteiger partial charge in [0.25, 0.3) is 0 Å². The molecule has 2 aromatic heterocycles. The molecule has 1 fully saturated rings. The minimum Gasteiger partial charge on any atom is -0.353 e. The second kappa shape index (κ2) is 7.01. The zero-order chi connectivity index (χ0) is 18.1. The van der Waals surface area contributed by atoms with Gasteiger partial charge in [0.15, 0.2) is 0 Å². The third kappa shape index (κ3) is 3.27. The van der Waals surface area contributed by atoms with Crippen LogP contribution in [0.1, 0.15) is 5.82 Å². The topological polar surface area (TPSA) is 61.4 Å². The summed E-state index contributed by atoms with van der Waals surface area (Å²) in [6, 6.07) is 10.3. The molecule has 0 saturated carbocycles. The molecule has 0 bridgehead atoms. The fraction of sp³-hybridized carbons (Fsp3) is 0.316. The molecule has 6 nitrogen and oxygen atoms in total. The SMILES string of the molecule is CN(C)Cc1nc(N2CCNC(=O)C2)c2c(-c3ccccc3)csc2n1. The van der Waals surface area contributed by atoms with Crippen LogP contribution in [0.4, 0.5) is 5.82 Å². The normalized spacial score (nSPS) is 14.9. The van der Waals surface area contributed by atoms with Crippen LogP contribution in [0.25, 0.3) is 21.3 Å². The molecule has 3 aromatic rings. The molecule has 0 atom stereocenters. The molecule has 1 saturated heterocycles. The van der Waals surface area contributed by atoms with Crippen molar-refractivity contribution in [2.45, 2.75) is 6.54 Å². The van der Waals surface area contributed by atoms with Gasteiger partial charge in [0, 0.05) is 24.0 Å². The Hall–Kier alpha value is -2.51. The monoisotopic (exact) mass is 367 g/mol. The third-order valence-corrected chi connectivity index (χ3v) is 5.21. The van der Waals surface area contributed by atoms with Crippen molar-refractivity contribution in [2.75, 3.05) is 38.6 Å². The van der Waals surface area contributed by atoms with Gasteiger partial charge in [0.05, 0.1) is 18.5 Å². The molecule has 1 amide bonds. The second-order valence-electron chi connectivity index (χ2n) is 6.67. The molecule has 0 unspecified atom stereocenters. The lowest BCUT2D eigenvalue weighted by Gasteiger charge is -2.28. The molecule has 1 N–H and O–H groups in total. The summed E-state index contributed by atoms with van der Waals surface area (Å²) in [5.41, 5.74) is 2.27. The van der Waals surface area contributed by atoms with E-state index in [0.717, 1.165) is 39.5 Å². The summed E-state index contributed by atoms with van der Waals surface area (Å²) in [5.74, 6) is 1.68. The van der Waals surface area contributed by atoms with E-state index in [1.165, 1.54) is 0 Å². The van der Waals surface area contributed by atoms with Gasteiger partial charge in [0.1, 0.15) is 16.5 Å². The second-order valence-corrected chi connectivity index (χ2v) is 7.53. The van der Waals surface area contributed by atoms with E-state index in [2.05, 4.69) is 32.6 Å². The van der Waals surface area contributed by atoms with Crippen molar-refractivity contribution in [1.29, 1.82) is 0 Å². The van der Waals surface area contributed by atoms with Crippen molar-refractivity contribution in [1.82, 2.24) is 20.2 Å². The fourth-order valence-corrected chi connectivity index (χ4v) is 4.16. The molecule has 0 spiro atoms. The van der Waals surface area contributed by atoms with Crippen LogP contribution in [0.2, 0.25) is 0 Å². The number of carbonyl (C=O) groups is 1. The van der Waals surface area contributed by atoms with E-state index >= 15 is 0 Å². The summed E-state index contributed by atoms with van der Waals surface area (Å²) >= 11 is 1.63. The molecule has 1 aliphatic rings. The van der Waals surface area contributed by atoms with Crippen LogP contribution in [-0.4, -0.2) is 54.5 Å². The minimum atomic E-state index is 0.0358. The van der Waals surface area contributed by atoms with Crippen LogP contribution in [0.15, 0.2) is 35.7 Å². The lowest BCUT2D eigenvalue weighted by Crippen LogP contribution is -2.48. The van der Waals surface area contributed by atoms with Crippen LogP contribution in [0.5, 0.6) is 0 Å². The maximum Gasteiger partial charge on any atom is 0.239 e.